The zero-order chi connectivity index (χ0) is 13.1. The molecule has 0 aromatic rings. The third-order valence-electron chi connectivity index (χ3n) is 3.15. The van der Waals surface area contributed by atoms with E-state index in [1.54, 1.807) is 0 Å². The molecule has 0 saturated heterocycles. The molecule has 0 radical (unpaired) electrons. The monoisotopic (exact) mass is 256 g/mol. The van der Waals surface area contributed by atoms with Crippen LogP contribution in [0.3, 0.4) is 0 Å². The first-order valence-electron chi connectivity index (χ1n) is 6.23. The smallest absolute Gasteiger partial charge is 0.305 e. The highest BCUT2D eigenvalue weighted by Gasteiger charge is 2.36. The van der Waals surface area contributed by atoms with E-state index in [-0.39, 0.29) is 11.4 Å². The summed E-state index contributed by atoms with van der Waals surface area (Å²) in [5, 5.41) is 0. The summed E-state index contributed by atoms with van der Waals surface area (Å²) in [5.41, 5.74) is 0.0223. The molecular weight excluding hydrogens is 232 g/mol. The van der Waals surface area contributed by atoms with Crippen molar-refractivity contribution in [2.45, 2.75) is 52.2 Å². The van der Waals surface area contributed by atoms with Crippen molar-refractivity contribution in [1.29, 1.82) is 0 Å². The normalized spacial score (nSPS) is 24.4. The summed E-state index contributed by atoms with van der Waals surface area (Å²) in [4.78, 5) is 11.2. The predicted molar refractivity (Wildman–Crippen MR) is 71.1 cm³/mol. The quantitative estimate of drug-likeness (QED) is 0.558. The van der Waals surface area contributed by atoms with E-state index in [9.17, 15) is 4.79 Å². The van der Waals surface area contributed by atoms with Gasteiger partial charge in [-0.1, -0.05) is 6.92 Å². The van der Waals surface area contributed by atoms with Gasteiger partial charge >= 0.3 is 5.97 Å². The molecule has 3 nitrogen and oxygen atoms in total. The highest BCUT2D eigenvalue weighted by atomic mass is 28.4. The molecule has 0 spiro atoms. The van der Waals surface area contributed by atoms with Crippen LogP contribution in [0.1, 0.15) is 32.6 Å². The van der Waals surface area contributed by atoms with Crippen molar-refractivity contribution in [3.8, 4) is 0 Å². The summed E-state index contributed by atoms with van der Waals surface area (Å²) in [6, 6.07) is 0. The lowest BCUT2D eigenvalue weighted by molar-refractivity contribution is -0.141. The number of ether oxygens (including phenoxy) is 1. The maximum atomic E-state index is 11.2. The molecule has 1 rings (SSSR count). The highest BCUT2D eigenvalue weighted by molar-refractivity contribution is 6.70. The summed E-state index contributed by atoms with van der Waals surface area (Å²) in [6.45, 7) is 8.75. The largest absolute Gasteiger partial charge is 0.547 e. The van der Waals surface area contributed by atoms with Crippen molar-refractivity contribution in [3.63, 3.8) is 0 Å². The van der Waals surface area contributed by atoms with Crippen LogP contribution in [0.25, 0.3) is 0 Å². The molecule has 0 bridgehead atoms. The third kappa shape index (κ3) is 4.19. The zero-order valence-corrected chi connectivity index (χ0v) is 12.6. The number of allylic oxidation sites excluding steroid dienone is 2. The lowest BCUT2D eigenvalue weighted by Gasteiger charge is -2.32. The number of carbonyl (C=O) groups is 1. The summed E-state index contributed by atoms with van der Waals surface area (Å²) < 4.78 is 10.8. The number of methoxy groups -OCH3 is 1. The summed E-state index contributed by atoms with van der Waals surface area (Å²) >= 11 is 0. The minimum absolute atomic E-state index is 0.0223. The Balaban J connectivity index is 2.62. The molecule has 1 aliphatic carbocycles. The van der Waals surface area contributed by atoms with E-state index in [2.05, 4.69) is 32.6 Å². The molecule has 0 saturated carbocycles. The maximum Gasteiger partial charge on any atom is 0.305 e. The Morgan fingerprint density at radius 2 is 2.12 bits per heavy atom. The second kappa shape index (κ2) is 5.25. The fourth-order valence-corrected chi connectivity index (χ4v) is 3.10. The van der Waals surface area contributed by atoms with Crippen LogP contribution < -0.4 is 0 Å². The van der Waals surface area contributed by atoms with Gasteiger partial charge in [0.25, 0.3) is 0 Å². The van der Waals surface area contributed by atoms with Gasteiger partial charge in [0.1, 0.15) is 0 Å². The van der Waals surface area contributed by atoms with Crippen molar-refractivity contribution in [1.82, 2.24) is 0 Å². The van der Waals surface area contributed by atoms with E-state index >= 15 is 0 Å². The van der Waals surface area contributed by atoms with Gasteiger partial charge in [0, 0.05) is 11.8 Å². The molecule has 0 heterocycles. The van der Waals surface area contributed by atoms with E-state index in [1.165, 1.54) is 7.11 Å². The van der Waals surface area contributed by atoms with Crippen LogP contribution in [0.4, 0.5) is 0 Å². The molecule has 1 aliphatic rings. The molecule has 98 valence electrons. The molecule has 0 unspecified atom stereocenters. The van der Waals surface area contributed by atoms with Crippen molar-refractivity contribution in [3.05, 3.63) is 11.8 Å². The lowest BCUT2D eigenvalue weighted by Crippen LogP contribution is -2.30. The maximum absolute atomic E-state index is 11.2. The van der Waals surface area contributed by atoms with E-state index in [0.717, 1.165) is 25.0 Å². The molecular formula is C13H24O3Si. The molecule has 0 aromatic carbocycles. The fraction of sp³-hybridized carbons (Fsp3) is 0.769. The first-order chi connectivity index (χ1) is 7.77. The minimum Gasteiger partial charge on any atom is -0.547 e. The molecule has 4 heteroatoms. The molecule has 0 N–H and O–H groups in total. The molecule has 0 fully saturated rings. The third-order valence-corrected chi connectivity index (χ3v) is 3.98. The summed E-state index contributed by atoms with van der Waals surface area (Å²) in [6.07, 6.45) is 5.60. The highest BCUT2D eigenvalue weighted by Crippen LogP contribution is 2.44. The van der Waals surface area contributed by atoms with Crippen molar-refractivity contribution in [2.75, 3.05) is 7.11 Å². The SMILES string of the molecule is COC(=O)CC[C@@]1(C)CCC=C1O[Si](C)(C)C. The Hall–Kier alpha value is -0.773. The van der Waals surface area contributed by atoms with Gasteiger partial charge in [0.15, 0.2) is 0 Å². The predicted octanol–water partition coefficient (Wildman–Crippen LogP) is 3.48. The van der Waals surface area contributed by atoms with Crippen LogP contribution in [0.5, 0.6) is 0 Å². The first-order valence-corrected chi connectivity index (χ1v) is 9.64. The van der Waals surface area contributed by atoms with Gasteiger partial charge in [-0.05, 0) is 45.0 Å². The van der Waals surface area contributed by atoms with Crippen LogP contribution in [0, 0.1) is 5.41 Å². The van der Waals surface area contributed by atoms with E-state index in [0.29, 0.717) is 6.42 Å². The van der Waals surface area contributed by atoms with Gasteiger partial charge < -0.3 is 9.16 Å². The van der Waals surface area contributed by atoms with Crippen molar-refractivity contribution >= 4 is 14.3 Å². The van der Waals surface area contributed by atoms with Gasteiger partial charge in [-0.25, -0.2) is 0 Å². The number of esters is 1. The Morgan fingerprint density at radius 1 is 1.47 bits per heavy atom. The standard InChI is InChI=1S/C13H24O3Si/c1-13(10-8-12(14)15-2)9-6-7-11(13)16-17(3,4)5/h7H,6,8-10H2,1-5H3/t13-/m1/s1. The van der Waals surface area contributed by atoms with Gasteiger partial charge in [-0.15, -0.1) is 0 Å². The number of carbonyl (C=O) groups excluding carboxylic acids is 1. The topological polar surface area (TPSA) is 35.5 Å². The summed E-state index contributed by atoms with van der Waals surface area (Å²) in [7, 11) is -0.121. The number of hydrogen-bond acceptors (Lipinski definition) is 3. The van der Waals surface area contributed by atoms with E-state index < -0.39 is 8.32 Å². The average molecular weight is 256 g/mol. The van der Waals surface area contributed by atoms with Crippen LogP contribution >= 0.6 is 0 Å². The first kappa shape index (κ1) is 14.3. The van der Waals surface area contributed by atoms with Crippen LogP contribution in [0.15, 0.2) is 11.8 Å². The number of rotatable bonds is 5. The fourth-order valence-electron chi connectivity index (χ4n) is 2.11. The van der Waals surface area contributed by atoms with Gasteiger partial charge in [-0.3, -0.25) is 4.79 Å². The number of hydrogen-bond donors (Lipinski definition) is 0. The van der Waals surface area contributed by atoms with Gasteiger partial charge in [0.05, 0.1) is 12.9 Å². The van der Waals surface area contributed by atoms with E-state index in [1.807, 2.05) is 0 Å². The zero-order valence-electron chi connectivity index (χ0n) is 11.6. The Labute approximate surface area is 105 Å². The Kier molecular flexibility index (Phi) is 4.41. The minimum atomic E-state index is -1.56. The van der Waals surface area contributed by atoms with Crippen molar-refractivity contribution in [2.24, 2.45) is 5.41 Å². The second-order valence-electron chi connectivity index (χ2n) is 5.96. The average Bonchev–Trinajstić information content (AvgIpc) is 2.55. The lowest BCUT2D eigenvalue weighted by atomic mass is 9.83. The Bertz CT molecular complexity index is 317. The molecule has 0 aliphatic heterocycles. The second-order valence-corrected chi connectivity index (χ2v) is 10.4. The summed E-state index contributed by atoms with van der Waals surface area (Å²) in [5.74, 6) is 0.964. The molecule has 17 heavy (non-hydrogen) atoms. The molecule has 1 atom stereocenters. The van der Waals surface area contributed by atoms with Crippen LogP contribution in [-0.2, 0) is 14.0 Å². The van der Waals surface area contributed by atoms with E-state index in [4.69, 9.17) is 9.16 Å². The molecule has 0 aromatic heterocycles. The van der Waals surface area contributed by atoms with Crippen LogP contribution in [-0.4, -0.2) is 21.4 Å². The molecule has 0 amide bonds. The Morgan fingerprint density at radius 3 is 2.65 bits per heavy atom. The van der Waals surface area contributed by atoms with Gasteiger partial charge in [-0.2, -0.15) is 0 Å². The van der Waals surface area contributed by atoms with Crippen LogP contribution in [0.2, 0.25) is 19.6 Å². The van der Waals surface area contributed by atoms with Gasteiger partial charge in [0.2, 0.25) is 8.32 Å². The van der Waals surface area contributed by atoms with Crippen molar-refractivity contribution < 1.29 is 14.0 Å².